The summed E-state index contributed by atoms with van der Waals surface area (Å²) in [6, 6.07) is 0. The van der Waals surface area contributed by atoms with Gasteiger partial charge in [0.05, 0.1) is 0 Å². The Kier molecular flexibility index (Phi) is 12.7. The summed E-state index contributed by atoms with van der Waals surface area (Å²) in [5.74, 6) is 3.76. The Morgan fingerprint density at radius 3 is 1.75 bits per heavy atom. The van der Waals surface area contributed by atoms with Crippen LogP contribution < -0.4 is 0 Å². The van der Waals surface area contributed by atoms with Crippen LogP contribution in [0.4, 0.5) is 0 Å². The highest BCUT2D eigenvalue weighted by molar-refractivity contribution is 4.73. The van der Waals surface area contributed by atoms with Gasteiger partial charge >= 0.3 is 0 Å². The molecule has 0 heteroatoms. The van der Waals surface area contributed by atoms with Crippen LogP contribution in [0.5, 0.6) is 0 Å². The molecule has 0 bridgehead atoms. The lowest BCUT2D eigenvalue weighted by Gasteiger charge is -2.30. The highest BCUT2D eigenvalue weighted by Gasteiger charge is 2.22. The molecule has 0 amide bonds. The van der Waals surface area contributed by atoms with E-state index < -0.39 is 0 Å². The maximum absolute atomic E-state index is 2.52. The second-order valence-electron chi connectivity index (χ2n) is 7.35. The van der Waals surface area contributed by atoms with Gasteiger partial charge in [0, 0.05) is 0 Å². The van der Waals surface area contributed by atoms with Gasteiger partial charge in [-0.3, -0.25) is 0 Å². The van der Waals surface area contributed by atoms with E-state index in [1.165, 1.54) is 64.2 Å². The van der Waals surface area contributed by atoms with Crippen LogP contribution in [0.15, 0.2) is 0 Å². The van der Waals surface area contributed by atoms with Gasteiger partial charge in [-0.25, -0.2) is 0 Å². The molecule has 0 aromatic rings. The molecule has 0 aromatic carbocycles. The molecular weight excluding hydrogens is 240 g/mol. The molecule has 0 saturated carbocycles. The zero-order valence-corrected chi connectivity index (χ0v) is 15.4. The van der Waals surface area contributed by atoms with E-state index in [0.29, 0.717) is 0 Å². The fraction of sp³-hybridized carbons (Fsp3) is 1.00. The Bertz CT molecular complexity index is 196. The van der Waals surface area contributed by atoms with Gasteiger partial charge in [0.25, 0.3) is 0 Å². The van der Waals surface area contributed by atoms with E-state index in [2.05, 4.69) is 41.5 Å². The molecule has 0 spiro atoms. The number of hydrogen-bond acceptors (Lipinski definition) is 0. The van der Waals surface area contributed by atoms with Crippen molar-refractivity contribution in [1.29, 1.82) is 0 Å². The van der Waals surface area contributed by atoms with Gasteiger partial charge in [0.1, 0.15) is 0 Å². The molecule has 0 radical (unpaired) electrons. The summed E-state index contributed by atoms with van der Waals surface area (Å²) in [5, 5.41) is 0. The quantitative estimate of drug-likeness (QED) is 0.307. The summed E-state index contributed by atoms with van der Waals surface area (Å²) >= 11 is 0. The lowest BCUT2D eigenvalue weighted by Crippen LogP contribution is -2.20. The van der Waals surface area contributed by atoms with Crippen LogP contribution in [-0.2, 0) is 0 Å². The van der Waals surface area contributed by atoms with Crippen molar-refractivity contribution in [2.24, 2.45) is 23.7 Å². The Morgan fingerprint density at radius 2 is 1.20 bits per heavy atom. The fourth-order valence-corrected chi connectivity index (χ4v) is 3.62. The van der Waals surface area contributed by atoms with Crippen LogP contribution in [0.25, 0.3) is 0 Å². The molecule has 0 rings (SSSR count). The van der Waals surface area contributed by atoms with Gasteiger partial charge in [-0.15, -0.1) is 0 Å². The van der Waals surface area contributed by atoms with E-state index in [0.717, 1.165) is 23.7 Å². The molecule has 0 aliphatic rings. The minimum absolute atomic E-state index is 0.926. The zero-order chi connectivity index (χ0) is 15.4. The van der Waals surface area contributed by atoms with E-state index in [1.807, 2.05) is 0 Å². The molecule has 0 fully saturated rings. The summed E-state index contributed by atoms with van der Waals surface area (Å²) in [6.45, 7) is 14.4. The average Bonchev–Trinajstić information content (AvgIpc) is 2.44. The van der Waals surface area contributed by atoms with Crippen LogP contribution in [0.3, 0.4) is 0 Å². The lowest BCUT2D eigenvalue weighted by atomic mass is 9.76. The van der Waals surface area contributed by atoms with E-state index >= 15 is 0 Å². The van der Waals surface area contributed by atoms with Crippen LogP contribution in [0.1, 0.15) is 106 Å². The molecule has 0 aliphatic heterocycles. The van der Waals surface area contributed by atoms with E-state index in [-0.39, 0.29) is 0 Å². The van der Waals surface area contributed by atoms with Gasteiger partial charge in [0.15, 0.2) is 0 Å². The van der Waals surface area contributed by atoms with Gasteiger partial charge in [-0.2, -0.15) is 0 Å². The molecule has 122 valence electrons. The minimum atomic E-state index is 0.926. The van der Waals surface area contributed by atoms with Crippen LogP contribution in [-0.4, -0.2) is 0 Å². The first kappa shape index (κ1) is 20.0. The molecule has 4 unspecified atom stereocenters. The maximum atomic E-state index is 2.52. The van der Waals surface area contributed by atoms with Gasteiger partial charge < -0.3 is 0 Å². The van der Waals surface area contributed by atoms with Gasteiger partial charge in [-0.1, -0.05) is 99.3 Å². The van der Waals surface area contributed by atoms with Crippen molar-refractivity contribution in [3.05, 3.63) is 0 Å². The van der Waals surface area contributed by atoms with Crippen molar-refractivity contribution in [3.63, 3.8) is 0 Å². The SMILES string of the molecule is CCCCC(C)C(CCCCC(C)CC)C(C)CCC. The third-order valence-electron chi connectivity index (χ3n) is 5.40. The number of rotatable bonds is 13. The summed E-state index contributed by atoms with van der Waals surface area (Å²) in [4.78, 5) is 0. The maximum Gasteiger partial charge on any atom is -0.0363 e. The van der Waals surface area contributed by atoms with Crippen LogP contribution in [0.2, 0.25) is 0 Å². The molecule has 0 N–H and O–H groups in total. The molecular formula is C20H42. The fourth-order valence-electron chi connectivity index (χ4n) is 3.62. The summed E-state index contributed by atoms with van der Waals surface area (Å²) in [6.07, 6.45) is 14.2. The van der Waals surface area contributed by atoms with Crippen molar-refractivity contribution in [2.75, 3.05) is 0 Å². The first-order chi connectivity index (χ1) is 9.56. The first-order valence-corrected chi connectivity index (χ1v) is 9.56. The molecule has 0 saturated heterocycles. The van der Waals surface area contributed by atoms with Gasteiger partial charge in [0.2, 0.25) is 0 Å². The Morgan fingerprint density at radius 1 is 0.600 bits per heavy atom. The van der Waals surface area contributed by atoms with Crippen molar-refractivity contribution in [3.8, 4) is 0 Å². The molecule has 0 heterocycles. The highest BCUT2D eigenvalue weighted by atomic mass is 14.3. The van der Waals surface area contributed by atoms with Crippen LogP contribution in [0, 0.1) is 23.7 Å². The normalized spacial score (nSPS) is 17.7. The summed E-state index contributed by atoms with van der Waals surface area (Å²) in [5.41, 5.74) is 0. The van der Waals surface area contributed by atoms with Crippen molar-refractivity contribution >= 4 is 0 Å². The molecule has 0 aromatic heterocycles. The van der Waals surface area contributed by atoms with Gasteiger partial charge in [-0.05, 0) is 30.1 Å². The Labute approximate surface area is 130 Å². The Hall–Kier alpha value is 0. The standard InChI is InChI=1S/C20H42/c1-7-10-15-19(6)20(18(5)13-8-2)16-12-11-14-17(4)9-3/h17-20H,7-16H2,1-6H3. The van der Waals surface area contributed by atoms with E-state index in [4.69, 9.17) is 0 Å². The lowest BCUT2D eigenvalue weighted by molar-refractivity contribution is 0.207. The molecule has 0 nitrogen and oxygen atoms in total. The average molecular weight is 283 g/mol. The second-order valence-corrected chi connectivity index (χ2v) is 7.35. The third kappa shape index (κ3) is 9.03. The first-order valence-electron chi connectivity index (χ1n) is 9.56. The molecule has 4 atom stereocenters. The van der Waals surface area contributed by atoms with Crippen molar-refractivity contribution in [2.45, 2.75) is 106 Å². The summed E-state index contributed by atoms with van der Waals surface area (Å²) in [7, 11) is 0. The largest absolute Gasteiger partial charge is 0.0654 e. The zero-order valence-electron chi connectivity index (χ0n) is 15.4. The van der Waals surface area contributed by atoms with E-state index in [9.17, 15) is 0 Å². The summed E-state index contributed by atoms with van der Waals surface area (Å²) < 4.78 is 0. The number of unbranched alkanes of at least 4 members (excludes halogenated alkanes) is 2. The monoisotopic (exact) mass is 282 g/mol. The highest BCUT2D eigenvalue weighted by Crippen LogP contribution is 2.33. The molecule has 20 heavy (non-hydrogen) atoms. The minimum Gasteiger partial charge on any atom is -0.0654 e. The third-order valence-corrected chi connectivity index (χ3v) is 5.40. The van der Waals surface area contributed by atoms with Crippen molar-refractivity contribution in [1.82, 2.24) is 0 Å². The second kappa shape index (κ2) is 12.7. The molecule has 0 aliphatic carbocycles. The van der Waals surface area contributed by atoms with Crippen molar-refractivity contribution < 1.29 is 0 Å². The predicted octanol–water partition coefficient (Wildman–Crippen LogP) is 7.47. The van der Waals surface area contributed by atoms with Crippen LogP contribution >= 0.6 is 0 Å². The topological polar surface area (TPSA) is 0 Å². The van der Waals surface area contributed by atoms with E-state index in [1.54, 1.807) is 0 Å². The Balaban J connectivity index is 4.16. The predicted molar refractivity (Wildman–Crippen MR) is 94.2 cm³/mol. The number of hydrogen-bond donors (Lipinski definition) is 0. The smallest absolute Gasteiger partial charge is 0.0363 e.